The Kier molecular flexibility index (Phi) is 1.94. The molecule has 14 heavy (non-hydrogen) atoms. The third-order valence-corrected chi connectivity index (χ3v) is 3.59. The van der Waals surface area contributed by atoms with Crippen molar-refractivity contribution in [1.82, 2.24) is 0 Å². The lowest BCUT2D eigenvalue weighted by Gasteiger charge is -2.23. The summed E-state index contributed by atoms with van der Waals surface area (Å²) >= 11 is 6.00. The van der Waals surface area contributed by atoms with Gasteiger partial charge in [-0.25, -0.2) is 0 Å². The fourth-order valence-electron chi connectivity index (χ4n) is 2.67. The molecule has 2 aliphatic rings. The minimum atomic E-state index is 0.428. The summed E-state index contributed by atoms with van der Waals surface area (Å²) in [5.41, 5.74) is 1.34. The molecule has 2 atom stereocenters. The molecule has 74 valence electrons. The van der Waals surface area contributed by atoms with E-state index in [2.05, 4.69) is 6.07 Å². The fourth-order valence-corrected chi connectivity index (χ4v) is 2.85. The average molecular weight is 209 g/mol. The van der Waals surface area contributed by atoms with E-state index in [1.807, 2.05) is 12.1 Å². The van der Waals surface area contributed by atoms with Crippen molar-refractivity contribution in [2.45, 2.75) is 37.7 Å². The van der Waals surface area contributed by atoms with Crippen LogP contribution < -0.4 is 4.74 Å². The second-order valence-corrected chi connectivity index (χ2v) is 4.67. The molecule has 1 saturated carbocycles. The zero-order valence-electron chi connectivity index (χ0n) is 8.00. The van der Waals surface area contributed by atoms with E-state index in [-0.39, 0.29) is 0 Å². The van der Waals surface area contributed by atoms with E-state index >= 15 is 0 Å². The van der Waals surface area contributed by atoms with Crippen LogP contribution in [0.4, 0.5) is 0 Å². The Morgan fingerprint density at radius 2 is 2.07 bits per heavy atom. The molecular formula is C12H13ClO. The Hall–Kier alpha value is -0.690. The van der Waals surface area contributed by atoms with Crippen LogP contribution in [0.5, 0.6) is 5.75 Å². The minimum absolute atomic E-state index is 0.428. The molecule has 0 spiro atoms. The van der Waals surface area contributed by atoms with E-state index in [0.717, 1.165) is 10.8 Å². The molecule has 0 saturated heterocycles. The van der Waals surface area contributed by atoms with Gasteiger partial charge in [-0.1, -0.05) is 18.0 Å². The van der Waals surface area contributed by atoms with Gasteiger partial charge in [-0.3, -0.25) is 0 Å². The quantitative estimate of drug-likeness (QED) is 0.631. The number of hydrogen-bond donors (Lipinski definition) is 0. The Labute approximate surface area is 89.0 Å². The molecule has 0 bridgehead atoms. The lowest BCUT2D eigenvalue weighted by atomic mass is 9.83. The van der Waals surface area contributed by atoms with Crippen LogP contribution in [0.25, 0.3) is 0 Å². The molecule has 1 fully saturated rings. The van der Waals surface area contributed by atoms with Gasteiger partial charge in [-0.15, -0.1) is 0 Å². The van der Waals surface area contributed by atoms with Gasteiger partial charge in [0.1, 0.15) is 11.9 Å². The molecule has 0 unspecified atom stereocenters. The highest BCUT2D eigenvalue weighted by molar-refractivity contribution is 6.30. The summed E-state index contributed by atoms with van der Waals surface area (Å²) in [5.74, 6) is 1.67. The van der Waals surface area contributed by atoms with Crippen LogP contribution in [-0.4, -0.2) is 6.10 Å². The Bertz CT molecular complexity index is 361. The molecule has 2 heteroatoms. The van der Waals surface area contributed by atoms with Gasteiger partial charge >= 0.3 is 0 Å². The van der Waals surface area contributed by atoms with Crippen molar-refractivity contribution >= 4 is 11.6 Å². The molecule has 0 radical (unpaired) electrons. The summed E-state index contributed by atoms with van der Waals surface area (Å²) in [4.78, 5) is 0. The maximum Gasteiger partial charge on any atom is 0.123 e. The molecule has 1 aromatic carbocycles. The van der Waals surface area contributed by atoms with Gasteiger partial charge in [-0.05, 0) is 37.5 Å². The zero-order valence-corrected chi connectivity index (χ0v) is 8.76. The van der Waals surface area contributed by atoms with Crippen molar-refractivity contribution in [2.24, 2.45) is 0 Å². The highest BCUT2D eigenvalue weighted by atomic mass is 35.5. The lowest BCUT2D eigenvalue weighted by Crippen LogP contribution is -2.22. The maximum atomic E-state index is 6.00. The number of fused-ring (bicyclic) bond motifs is 3. The van der Waals surface area contributed by atoms with Crippen LogP contribution in [-0.2, 0) is 0 Å². The third kappa shape index (κ3) is 1.23. The van der Waals surface area contributed by atoms with Gasteiger partial charge in [0.05, 0.1) is 0 Å². The summed E-state index contributed by atoms with van der Waals surface area (Å²) in [6.45, 7) is 0. The smallest absolute Gasteiger partial charge is 0.123 e. The highest BCUT2D eigenvalue weighted by Gasteiger charge is 2.35. The highest BCUT2D eigenvalue weighted by Crippen LogP contribution is 2.46. The predicted octanol–water partition coefficient (Wildman–Crippen LogP) is 3.76. The van der Waals surface area contributed by atoms with Gasteiger partial charge < -0.3 is 4.74 Å². The first-order chi connectivity index (χ1) is 6.84. The van der Waals surface area contributed by atoms with E-state index < -0.39 is 0 Å². The van der Waals surface area contributed by atoms with Crippen LogP contribution >= 0.6 is 11.6 Å². The van der Waals surface area contributed by atoms with Crippen molar-refractivity contribution in [3.05, 3.63) is 28.8 Å². The van der Waals surface area contributed by atoms with E-state index in [1.165, 1.54) is 31.2 Å². The van der Waals surface area contributed by atoms with Crippen molar-refractivity contribution in [3.8, 4) is 5.75 Å². The summed E-state index contributed by atoms with van der Waals surface area (Å²) in [6.07, 6.45) is 5.53. The van der Waals surface area contributed by atoms with E-state index in [9.17, 15) is 0 Å². The number of benzene rings is 1. The monoisotopic (exact) mass is 208 g/mol. The first-order valence-corrected chi connectivity index (χ1v) is 5.68. The van der Waals surface area contributed by atoms with Crippen LogP contribution in [0.15, 0.2) is 18.2 Å². The summed E-state index contributed by atoms with van der Waals surface area (Å²) < 4.78 is 5.91. The zero-order chi connectivity index (χ0) is 9.54. The normalized spacial score (nSPS) is 29.2. The van der Waals surface area contributed by atoms with Gasteiger partial charge in [0.25, 0.3) is 0 Å². The molecule has 1 nitrogen and oxygen atoms in total. The van der Waals surface area contributed by atoms with Gasteiger partial charge in [0.15, 0.2) is 0 Å². The lowest BCUT2D eigenvalue weighted by molar-refractivity contribution is 0.164. The van der Waals surface area contributed by atoms with E-state index in [4.69, 9.17) is 16.3 Å². The van der Waals surface area contributed by atoms with Crippen molar-refractivity contribution in [2.75, 3.05) is 0 Å². The minimum Gasteiger partial charge on any atom is -0.489 e. The summed E-state index contributed by atoms with van der Waals surface area (Å²) in [5, 5.41) is 0.832. The van der Waals surface area contributed by atoms with Crippen LogP contribution in [0.1, 0.15) is 37.2 Å². The molecule has 1 aliphatic heterocycles. The second-order valence-electron chi connectivity index (χ2n) is 4.23. The first-order valence-electron chi connectivity index (χ1n) is 5.31. The topological polar surface area (TPSA) is 9.23 Å². The molecule has 1 aliphatic carbocycles. The Morgan fingerprint density at radius 3 is 3.00 bits per heavy atom. The van der Waals surface area contributed by atoms with Gasteiger partial charge in [0, 0.05) is 16.5 Å². The summed E-state index contributed by atoms with van der Waals surface area (Å²) in [6, 6.07) is 6.00. The van der Waals surface area contributed by atoms with E-state index in [0.29, 0.717) is 12.0 Å². The molecule has 1 heterocycles. The molecular weight excluding hydrogens is 196 g/mol. The van der Waals surface area contributed by atoms with Gasteiger partial charge in [0.2, 0.25) is 0 Å². The summed E-state index contributed by atoms with van der Waals surface area (Å²) in [7, 11) is 0. The molecule has 3 rings (SSSR count). The molecule has 1 aromatic rings. The van der Waals surface area contributed by atoms with Gasteiger partial charge in [-0.2, -0.15) is 0 Å². The fraction of sp³-hybridized carbons (Fsp3) is 0.500. The number of ether oxygens (including phenoxy) is 1. The van der Waals surface area contributed by atoms with E-state index in [1.54, 1.807) is 0 Å². The third-order valence-electron chi connectivity index (χ3n) is 3.35. The van der Waals surface area contributed by atoms with Crippen LogP contribution in [0, 0.1) is 0 Å². The number of rotatable bonds is 0. The predicted molar refractivity (Wildman–Crippen MR) is 57.1 cm³/mol. The molecule has 0 N–H and O–H groups in total. The average Bonchev–Trinajstić information content (AvgIpc) is 2.56. The Balaban J connectivity index is 2.02. The maximum absolute atomic E-state index is 6.00. The molecule has 0 aromatic heterocycles. The van der Waals surface area contributed by atoms with Crippen molar-refractivity contribution < 1.29 is 4.74 Å². The van der Waals surface area contributed by atoms with Crippen molar-refractivity contribution in [3.63, 3.8) is 0 Å². The number of hydrogen-bond acceptors (Lipinski definition) is 1. The number of halogens is 1. The standard InChI is InChI=1S/C12H13ClO/c13-8-5-6-12-10(7-8)9-3-1-2-4-11(9)14-12/h5-7,9,11H,1-4H2/t9-,11+/m1/s1. The first kappa shape index (κ1) is 8.60. The van der Waals surface area contributed by atoms with Crippen LogP contribution in [0.2, 0.25) is 5.02 Å². The molecule has 0 amide bonds. The second kappa shape index (κ2) is 3.16. The SMILES string of the molecule is Clc1ccc2c(c1)[C@H]1CCCC[C@@H]1O2. The van der Waals surface area contributed by atoms with Crippen LogP contribution in [0.3, 0.4) is 0 Å². The Morgan fingerprint density at radius 1 is 1.21 bits per heavy atom. The van der Waals surface area contributed by atoms with Crippen molar-refractivity contribution in [1.29, 1.82) is 0 Å². The largest absolute Gasteiger partial charge is 0.489 e.